The van der Waals surface area contributed by atoms with Gasteiger partial charge in [-0.25, -0.2) is 0 Å². The van der Waals surface area contributed by atoms with E-state index in [-0.39, 0.29) is 17.9 Å². The smallest absolute Gasteiger partial charge is 0.236 e. The molecule has 27 heavy (non-hydrogen) atoms. The number of rotatable bonds is 3. The third-order valence-corrected chi connectivity index (χ3v) is 6.13. The molecule has 1 aromatic carbocycles. The number of nitrogens with zero attached hydrogens (tertiary/aromatic N) is 3. The van der Waals surface area contributed by atoms with Crippen LogP contribution in [-0.4, -0.2) is 56.8 Å². The minimum Gasteiger partial charge on any atom is -0.381 e. The molecule has 1 unspecified atom stereocenters. The summed E-state index contributed by atoms with van der Waals surface area (Å²) in [5.74, 6) is 0.509. The number of piperidine rings is 1. The van der Waals surface area contributed by atoms with Crippen LogP contribution in [0.4, 0.5) is 5.69 Å². The highest BCUT2D eigenvalue weighted by Crippen LogP contribution is 2.43. The summed E-state index contributed by atoms with van der Waals surface area (Å²) in [4.78, 5) is 16.3. The molecule has 4 rings (SSSR count). The van der Waals surface area contributed by atoms with Crippen LogP contribution in [0.15, 0.2) is 24.3 Å². The summed E-state index contributed by atoms with van der Waals surface area (Å²) in [5, 5.41) is 8.79. The van der Waals surface area contributed by atoms with Gasteiger partial charge in [-0.2, -0.15) is 5.26 Å². The van der Waals surface area contributed by atoms with Gasteiger partial charge in [-0.1, -0.05) is 18.2 Å². The van der Waals surface area contributed by atoms with Crippen LogP contribution in [0.3, 0.4) is 0 Å². The number of nitriles is 1. The second-order valence-corrected chi connectivity index (χ2v) is 7.75. The Kier molecular flexibility index (Phi) is 5.33. The Hall–Kier alpha value is -2.10. The first kappa shape index (κ1) is 18.3. The van der Waals surface area contributed by atoms with Crippen LogP contribution >= 0.6 is 0 Å². The Balaban J connectivity index is 1.55. The van der Waals surface area contributed by atoms with E-state index >= 15 is 0 Å². The fourth-order valence-electron chi connectivity index (χ4n) is 4.62. The molecular weight excluding hydrogens is 342 g/mol. The summed E-state index contributed by atoms with van der Waals surface area (Å²) in [6, 6.07) is 10.5. The van der Waals surface area contributed by atoms with Gasteiger partial charge in [0, 0.05) is 50.0 Å². The van der Waals surface area contributed by atoms with E-state index in [2.05, 4.69) is 29.2 Å². The lowest BCUT2D eigenvalue weighted by Gasteiger charge is -2.41. The van der Waals surface area contributed by atoms with Crippen LogP contribution in [0.25, 0.3) is 0 Å². The van der Waals surface area contributed by atoms with Gasteiger partial charge < -0.3 is 19.3 Å². The summed E-state index contributed by atoms with van der Waals surface area (Å²) in [6.07, 6.45) is 2.64. The standard InChI is InChI=1S/C21H27N3O3/c22-9-5-20(25)23-10-7-21(8-11-23)18-3-1-2-4-19(18)24(12-14-27-21)15-17-6-13-26-16-17/h1-4,17H,5-8,10-16H2. The Morgan fingerprint density at radius 1 is 1.22 bits per heavy atom. The maximum absolute atomic E-state index is 12.1. The largest absolute Gasteiger partial charge is 0.381 e. The maximum Gasteiger partial charge on any atom is 0.236 e. The monoisotopic (exact) mass is 369 g/mol. The van der Waals surface area contributed by atoms with Gasteiger partial charge in [0.15, 0.2) is 0 Å². The molecule has 1 amide bonds. The molecule has 0 N–H and O–H groups in total. The molecule has 0 bridgehead atoms. The summed E-state index contributed by atoms with van der Waals surface area (Å²) >= 11 is 0. The minimum atomic E-state index is -0.332. The van der Waals surface area contributed by atoms with E-state index in [1.165, 1.54) is 11.3 Å². The number of carbonyl (C=O) groups excluding carboxylic acids is 1. The molecule has 2 saturated heterocycles. The van der Waals surface area contributed by atoms with Gasteiger partial charge in [0.25, 0.3) is 0 Å². The highest BCUT2D eigenvalue weighted by Gasteiger charge is 2.42. The molecular formula is C21H27N3O3. The van der Waals surface area contributed by atoms with E-state index in [4.69, 9.17) is 14.7 Å². The zero-order chi connectivity index (χ0) is 18.7. The highest BCUT2D eigenvalue weighted by molar-refractivity contribution is 5.78. The molecule has 6 heteroatoms. The lowest BCUT2D eigenvalue weighted by molar-refractivity contribution is -0.137. The zero-order valence-electron chi connectivity index (χ0n) is 15.7. The summed E-state index contributed by atoms with van der Waals surface area (Å²) < 4.78 is 12.0. The molecule has 1 spiro atoms. The van der Waals surface area contributed by atoms with Crippen LogP contribution in [0.1, 0.15) is 31.2 Å². The number of carbonyl (C=O) groups is 1. The number of benzene rings is 1. The van der Waals surface area contributed by atoms with Crippen LogP contribution in [0.2, 0.25) is 0 Å². The third kappa shape index (κ3) is 3.67. The number of amides is 1. The molecule has 6 nitrogen and oxygen atoms in total. The fourth-order valence-corrected chi connectivity index (χ4v) is 4.62. The summed E-state index contributed by atoms with van der Waals surface area (Å²) in [6.45, 7) is 5.58. The highest BCUT2D eigenvalue weighted by atomic mass is 16.5. The Morgan fingerprint density at radius 2 is 2.04 bits per heavy atom. The van der Waals surface area contributed by atoms with Crippen molar-refractivity contribution in [3.8, 4) is 6.07 Å². The molecule has 1 atom stereocenters. The van der Waals surface area contributed by atoms with E-state index in [0.717, 1.165) is 45.6 Å². The molecule has 3 aliphatic heterocycles. The van der Waals surface area contributed by atoms with Gasteiger partial charge in [0.2, 0.25) is 5.91 Å². The number of hydrogen-bond donors (Lipinski definition) is 0. The fraction of sp³-hybridized carbons (Fsp3) is 0.619. The van der Waals surface area contributed by atoms with Gasteiger partial charge in [0.1, 0.15) is 6.42 Å². The SMILES string of the molecule is N#CCC(=O)N1CCC2(CC1)OCCN(CC1CCOC1)c1ccccc12. The molecule has 0 saturated carbocycles. The zero-order valence-corrected chi connectivity index (χ0v) is 15.7. The molecule has 3 aliphatic rings. The van der Waals surface area contributed by atoms with Crippen molar-refractivity contribution in [2.45, 2.75) is 31.3 Å². The lowest BCUT2D eigenvalue weighted by Crippen LogP contribution is -2.46. The minimum absolute atomic E-state index is 0.0400. The van der Waals surface area contributed by atoms with Crippen molar-refractivity contribution in [2.75, 3.05) is 50.9 Å². The second-order valence-electron chi connectivity index (χ2n) is 7.75. The van der Waals surface area contributed by atoms with Crippen LogP contribution in [0, 0.1) is 17.2 Å². The molecule has 3 heterocycles. The molecule has 0 aromatic heterocycles. The first-order valence-electron chi connectivity index (χ1n) is 9.93. The van der Waals surface area contributed by atoms with Gasteiger partial charge in [-0.3, -0.25) is 4.79 Å². The lowest BCUT2D eigenvalue weighted by atomic mass is 9.83. The Morgan fingerprint density at radius 3 is 2.78 bits per heavy atom. The van der Waals surface area contributed by atoms with Crippen LogP contribution in [0.5, 0.6) is 0 Å². The normalized spacial score (nSPS) is 24.3. The topological polar surface area (TPSA) is 65.8 Å². The summed E-state index contributed by atoms with van der Waals surface area (Å²) in [5.41, 5.74) is 2.17. The quantitative estimate of drug-likeness (QED) is 0.818. The third-order valence-electron chi connectivity index (χ3n) is 6.13. The average molecular weight is 369 g/mol. The Labute approximate surface area is 160 Å². The van der Waals surface area contributed by atoms with Gasteiger partial charge in [-0.05, 0) is 25.3 Å². The average Bonchev–Trinajstić information content (AvgIpc) is 3.16. The molecule has 2 fully saturated rings. The first-order chi connectivity index (χ1) is 13.2. The molecule has 0 radical (unpaired) electrons. The van der Waals surface area contributed by atoms with E-state index in [1.807, 2.05) is 6.07 Å². The molecule has 1 aromatic rings. The van der Waals surface area contributed by atoms with Gasteiger partial charge in [0.05, 0.1) is 24.9 Å². The second kappa shape index (κ2) is 7.87. The number of ether oxygens (including phenoxy) is 2. The van der Waals surface area contributed by atoms with Crippen molar-refractivity contribution in [2.24, 2.45) is 5.92 Å². The van der Waals surface area contributed by atoms with Crippen molar-refractivity contribution in [3.05, 3.63) is 29.8 Å². The van der Waals surface area contributed by atoms with Gasteiger partial charge in [-0.15, -0.1) is 0 Å². The predicted octanol–water partition coefficient (Wildman–Crippen LogP) is 2.29. The number of para-hydroxylation sites is 1. The molecule has 0 aliphatic carbocycles. The number of likely N-dealkylation sites (tertiary alicyclic amines) is 1. The maximum atomic E-state index is 12.1. The van der Waals surface area contributed by atoms with E-state index < -0.39 is 0 Å². The first-order valence-corrected chi connectivity index (χ1v) is 9.93. The predicted molar refractivity (Wildman–Crippen MR) is 101 cm³/mol. The number of fused-ring (bicyclic) bond motifs is 2. The van der Waals surface area contributed by atoms with E-state index in [1.54, 1.807) is 4.90 Å². The van der Waals surface area contributed by atoms with E-state index in [9.17, 15) is 4.79 Å². The van der Waals surface area contributed by atoms with Crippen LogP contribution in [-0.2, 0) is 19.9 Å². The van der Waals surface area contributed by atoms with Crippen molar-refractivity contribution in [1.82, 2.24) is 4.90 Å². The Bertz CT molecular complexity index is 716. The van der Waals surface area contributed by atoms with Crippen molar-refractivity contribution in [1.29, 1.82) is 5.26 Å². The van der Waals surface area contributed by atoms with Gasteiger partial charge >= 0.3 is 0 Å². The number of hydrogen-bond acceptors (Lipinski definition) is 5. The van der Waals surface area contributed by atoms with Crippen molar-refractivity contribution < 1.29 is 14.3 Å². The summed E-state index contributed by atoms with van der Waals surface area (Å²) in [7, 11) is 0. The van der Waals surface area contributed by atoms with E-state index in [0.29, 0.717) is 25.6 Å². The van der Waals surface area contributed by atoms with Crippen molar-refractivity contribution in [3.63, 3.8) is 0 Å². The van der Waals surface area contributed by atoms with Crippen molar-refractivity contribution >= 4 is 11.6 Å². The van der Waals surface area contributed by atoms with Crippen LogP contribution < -0.4 is 4.90 Å². The molecule has 144 valence electrons. The number of anilines is 1.